The molecule has 0 amide bonds. The molecule has 0 atom stereocenters. The van der Waals surface area contributed by atoms with Crippen molar-refractivity contribution in [3.8, 4) is 0 Å². The van der Waals surface area contributed by atoms with Crippen molar-refractivity contribution in [3.63, 3.8) is 0 Å². The van der Waals surface area contributed by atoms with Gasteiger partial charge in [0.2, 0.25) is 0 Å². The predicted octanol–water partition coefficient (Wildman–Crippen LogP) is 4.47. The van der Waals surface area contributed by atoms with Gasteiger partial charge in [0.1, 0.15) is 0 Å². The molecule has 0 unspecified atom stereocenters. The van der Waals surface area contributed by atoms with Gasteiger partial charge in [-0.2, -0.15) is 0 Å². The Bertz CT molecular complexity index is 371. The highest BCUT2D eigenvalue weighted by molar-refractivity contribution is 5.76. The molecule has 0 aromatic rings. The van der Waals surface area contributed by atoms with Crippen molar-refractivity contribution in [2.45, 2.75) is 83.5 Å². The number of unbranched alkanes of at least 4 members (excludes halogenated alkanes) is 6. The highest BCUT2D eigenvalue weighted by Gasteiger charge is 2.58. The van der Waals surface area contributed by atoms with E-state index >= 15 is 0 Å². The molecule has 0 aliphatic heterocycles. The fraction of sp³-hybridized carbons (Fsp3) is 0.889. The monoisotopic (exact) mass is 310 g/mol. The molecule has 4 heteroatoms. The van der Waals surface area contributed by atoms with Crippen LogP contribution in [0.25, 0.3) is 0 Å². The van der Waals surface area contributed by atoms with Crippen molar-refractivity contribution >= 4 is 11.9 Å². The number of carboxylic acids is 2. The standard InChI is InChI=1S/C18H30O4/c19-16(20)8-6-4-2-1-3-5-7-13-18(17(21)22,14-9-10-14)15-11-12-15/h14-15H,1-13H2,(H,19,20)(H,21,22). The van der Waals surface area contributed by atoms with E-state index in [9.17, 15) is 14.7 Å². The van der Waals surface area contributed by atoms with Crippen LogP contribution in [0.2, 0.25) is 0 Å². The molecular formula is C18H30O4. The summed E-state index contributed by atoms with van der Waals surface area (Å²) in [5, 5.41) is 18.3. The molecule has 2 aliphatic carbocycles. The summed E-state index contributed by atoms with van der Waals surface area (Å²) >= 11 is 0. The summed E-state index contributed by atoms with van der Waals surface area (Å²) in [6, 6.07) is 0. The number of hydrogen-bond donors (Lipinski definition) is 2. The molecule has 4 nitrogen and oxygen atoms in total. The van der Waals surface area contributed by atoms with Crippen LogP contribution < -0.4 is 0 Å². The van der Waals surface area contributed by atoms with Crippen LogP contribution in [0.15, 0.2) is 0 Å². The Morgan fingerprint density at radius 3 is 1.64 bits per heavy atom. The lowest BCUT2D eigenvalue weighted by atomic mass is 9.73. The van der Waals surface area contributed by atoms with Crippen LogP contribution in [0, 0.1) is 17.3 Å². The van der Waals surface area contributed by atoms with Crippen LogP contribution in [-0.2, 0) is 9.59 Å². The average Bonchev–Trinajstić information content (AvgIpc) is 3.33. The molecule has 0 spiro atoms. The number of aliphatic carboxylic acids is 2. The first-order valence-corrected chi connectivity index (χ1v) is 9.02. The van der Waals surface area contributed by atoms with Gasteiger partial charge in [0.25, 0.3) is 0 Å². The fourth-order valence-electron chi connectivity index (χ4n) is 3.97. The van der Waals surface area contributed by atoms with Crippen LogP contribution >= 0.6 is 0 Å². The SMILES string of the molecule is O=C(O)CCCCCCCCCC(C(=O)O)(C1CC1)C1CC1. The maximum Gasteiger partial charge on any atom is 0.310 e. The van der Waals surface area contributed by atoms with Crippen LogP contribution in [0.1, 0.15) is 83.5 Å². The third kappa shape index (κ3) is 4.72. The molecular weight excluding hydrogens is 280 g/mol. The van der Waals surface area contributed by atoms with Gasteiger partial charge >= 0.3 is 11.9 Å². The number of carbonyl (C=O) groups is 2. The van der Waals surface area contributed by atoms with Crippen LogP contribution in [0.3, 0.4) is 0 Å². The predicted molar refractivity (Wildman–Crippen MR) is 84.7 cm³/mol. The minimum absolute atomic E-state index is 0.282. The molecule has 0 radical (unpaired) electrons. The quantitative estimate of drug-likeness (QED) is 0.492. The molecule has 2 N–H and O–H groups in total. The van der Waals surface area contributed by atoms with Crippen molar-refractivity contribution in [1.29, 1.82) is 0 Å². The average molecular weight is 310 g/mol. The molecule has 2 rings (SSSR count). The van der Waals surface area contributed by atoms with Gasteiger partial charge in [-0.1, -0.05) is 38.5 Å². The van der Waals surface area contributed by atoms with Gasteiger partial charge in [0.05, 0.1) is 5.41 Å². The Morgan fingerprint density at radius 2 is 1.23 bits per heavy atom. The minimum atomic E-state index is -0.704. The Kier molecular flexibility index (Phi) is 6.27. The van der Waals surface area contributed by atoms with Gasteiger partial charge in [-0.25, -0.2) is 0 Å². The summed E-state index contributed by atoms with van der Waals surface area (Å²) in [6.45, 7) is 0. The van der Waals surface area contributed by atoms with Gasteiger partial charge in [0.15, 0.2) is 0 Å². The van der Waals surface area contributed by atoms with Gasteiger partial charge in [-0.05, 0) is 50.4 Å². The second-order valence-corrected chi connectivity index (χ2v) is 7.26. The van der Waals surface area contributed by atoms with E-state index in [4.69, 9.17) is 5.11 Å². The highest BCUT2D eigenvalue weighted by Crippen LogP contribution is 2.60. The number of hydrogen-bond acceptors (Lipinski definition) is 2. The second-order valence-electron chi connectivity index (χ2n) is 7.26. The number of rotatable bonds is 13. The van der Waals surface area contributed by atoms with Crippen molar-refractivity contribution in [1.82, 2.24) is 0 Å². The Balaban J connectivity index is 1.57. The second kappa shape index (κ2) is 7.98. The topological polar surface area (TPSA) is 74.6 Å². The Hall–Kier alpha value is -1.06. The fourth-order valence-corrected chi connectivity index (χ4v) is 3.97. The van der Waals surface area contributed by atoms with Gasteiger partial charge in [-0.15, -0.1) is 0 Å². The summed E-state index contributed by atoms with van der Waals surface area (Å²) < 4.78 is 0. The van der Waals surface area contributed by atoms with E-state index in [1.54, 1.807) is 0 Å². The Labute approximate surface area is 133 Å². The molecule has 0 saturated heterocycles. The third-order valence-electron chi connectivity index (χ3n) is 5.49. The van der Waals surface area contributed by atoms with Crippen molar-refractivity contribution in [2.24, 2.45) is 17.3 Å². The largest absolute Gasteiger partial charge is 0.481 e. The van der Waals surface area contributed by atoms with Crippen molar-refractivity contribution in [2.75, 3.05) is 0 Å². The van der Waals surface area contributed by atoms with E-state index in [0.717, 1.165) is 77.0 Å². The van der Waals surface area contributed by atoms with Crippen LogP contribution in [-0.4, -0.2) is 22.2 Å². The molecule has 2 saturated carbocycles. The van der Waals surface area contributed by atoms with E-state index in [2.05, 4.69) is 0 Å². The molecule has 0 heterocycles. The third-order valence-corrected chi connectivity index (χ3v) is 5.49. The van der Waals surface area contributed by atoms with E-state index in [0.29, 0.717) is 11.8 Å². The zero-order valence-corrected chi connectivity index (χ0v) is 13.6. The molecule has 126 valence electrons. The smallest absolute Gasteiger partial charge is 0.310 e. The van der Waals surface area contributed by atoms with E-state index in [-0.39, 0.29) is 11.8 Å². The molecule has 0 bridgehead atoms. The first kappa shape index (κ1) is 17.3. The summed E-state index contributed by atoms with van der Waals surface area (Å²) in [5.41, 5.74) is -0.387. The maximum atomic E-state index is 11.8. The summed E-state index contributed by atoms with van der Waals surface area (Å²) in [7, 11) is 0. The molecule has 0 aromatic heterocycles. The normalized spacial score (nSPS) is 18.4. The highest BCUT2D eigenvalue weighted by atomic mass is 16.4. The summed E-state index contributed by atoms with van der Waals surface area (Å²) in [5.74, 6) is -0.335. The van der Waals surface area contributed by atoms with E-state index in [1.165, 1.54) is 0 Å². The molecule has 0 aromatic carbocycles. The first-order valence-electron chi connectivity index (χ1n) is 9.02. The van der Waals surface area contributed by atoms with Crippen molar-refractivity contribution in [3.05, 3.63) is 0 Å². The molecule has 22 heavy (non-hydrogen) atoms. The lowest BCUT2D eigenvalue weighted by Crippen LogP contribution is -2.35. The zero-order valence-electron chi connectivity index (χ0n) is 13.6. The summed E-state index contributed by atoms with van der Waals surface area (Å²) in [6.07, 6.45) is 12.9. The minimum Gasteiger partial charge on any atom is -0.481 e. The van der Waals surface area contributed by atoms with Gasteiger partial charge in [-0.3, -0.25) is 9.59 Å². The lowest BCUT2D eigenvalue weighted by Gasteiger charge is -2.29. The molecule has 2 fully saturated rings. The van der Waals surface area contributed by atoms with E-state index in [1.807, 2.05) is 0 Å². The van der Waals surface area contributed by atoms with Crippen molar-refractivity contribution < 1.29 is 19.8 Å². The first-order chi connectivity index (χ1) is 10.6. The van der Waals surface area contributed by atoms with Crippen LogP contribution in [0.4, 0.5) is 0 Å². The maximum absolute atomic E-state index is 11.8. The zero-order chi connectivity index (χ0) is 16.0. The summed E-state index contributed by atoms with van der Waals surface area (Å²) in [4.78, 5) is 22.2. The van der Waals surface area contributed by atoms with Crippen LogP contribution in [0.5, 0.6) is 0 Å². The number of carboxylic acid groups (broad SMARTS) is 2. The lowest BCUT2D eigenvalue weighted by molar-refractivity contribution is -0.153. The molecule has 2 aliphatic rings. The van der Waals surface area contributed by atoms with Gasteiger partial charge in [0, 0.05) is 6.42 Å². The van der Waals surface area contributed by atoms with E-state index < -0.39 is 11.9 Å². The van der Waals surface area contributed by atoms with Gasteiger partial charge < -0.3 is 10.2 Å². The Morgan fingerprint density at radius 1 is 0.773 bits per heavy atom.